The van der Waals surface area contributed by atoms with E-state index in [0.29, 0.717) is 30.6 Å². The molecule has 1 aliphatic carbocycles. The van der Waals surface area contributed by atoms with Crippen molar-refractivity contribution in [3.8, 4) is 0 Å². The molecule has 228 valence electrons. The number of likely N-dealkylation sites (N-methyl/N-ethyl adjacent to an activating group) is 1. The number of nitrogens with one attached hydrogen (secondary N) is 2. The Balaban J connectivity index is 1.26. The molecule has 2 aromatic rings. The number of likely N-dealkylation sites (tertiary alicyclic amines) is 1. The van der Waals surface area contributed by atoms with E-state index in [-0.39, 0.29) is 23.8 Å². The molecule has 6 rings (SSSR count). The Morgan fingerprint density at radius 2 is 1.86 bits per heavy atom. The minimum absolute atomic E-state index is 0.0485. The maximum atomic E-state index is 14.3. The molecule has 2 aromatic carbocycles. The number of benzene rings is 2. The molecule has 43 heavy (non-hydrogen) atoms. The molecule has 3 fully saturated rings. The summed E-state index contributed by atoms with van der Waals surface area (Å²) >= 11 is 0. The molecule has 0 radical (unpaired) electrons. The molecule has 0 aromatic heterocycles. The second kappa shape index (κ2) is 11.9. The van der Waals surface area contributed by atoms with Gasteiger partial charge in [-0.2, -0.15) is 0 Å². The number of aryl methyl sites for hydroxylation is 1. The quantitative estimate of drug-likeness (QED) is 0.432. The van der Waals surface area contributed by atoms with Crippen LogP contribution in [0.1, 0.15) is 44.2 Å². The Kier molecular flexibility index (Phi) is 8.18. The van der Waals surface area contributed by atoms with Gasteiger partial charge >= 0.3 is 0 Å². The lowest BCUT2D eigenvalue weighted by molar-refractivity contribution is -0.141. The zero-order valence-corrected chi connectivity index (χ0v) is 25.7. The van der Waals surface area contributed by atoms with E-state index in [4.69, 9.17) is 4.74 Å². The lowest BCUT2D eigenvalue weighted by Gasteiger charge is -2.38. The van der Waals surface area contributed by atoms with Crippen LogP contribution in [-0.4, -0.2) is 71.4 Å². The zero-order chi connectivity index (χ0) is 30.3. The van der Waals surface area contributed by atoms with Gasteiger partial charge in [-0.1, -0.05) is 81.3 Å². The Bertz CT molecular complexity index is 1400. The monoisotopic (exact) mass is 584 g/mol. The largest absolute Gasteiger partial charge is 0.359 e. The third-order valence-electron chi connectivity index (χ3n) is 10.3. The summed E-state index contributed by atoms with van der Waals surface area (Å²) in [7, 11) is 2.02. The summed E-state index contributed by atoms with van der Waals surface area (Å²) < 4.78 is 6.54. The minimum atomic E-state index is -1.16. The first-order valence-corrected chi connectivity index (χ1v) is 15.8. The number of ether oxygens (including phenoxy) is 1. The lowest BCUT2D eigenvalue weighted by atomic mass is 9.73. The van der Waals surface area contributed by atoms with Crippen LogP contribution < -0.4 is 10.6 Å². The van der Waals surface area contributed by atoms with E-state index in [1.165, 1.54) is 5.56 Å². The summed E-state index contributed by atoms with van der Waals surface area (Å²) in [5, 5.41) is 6.36. The first-order valence-electron chi connectivity index (χ1n) is 15.8. The molecule has 3 amide bonds. The number of hydrogen-bond acceptors (Lipinski definition) is 5. The minimum Gasteiger partial charge on any atom is -0.359 e. The van der Waals surface area contributed by atoms with Crippen molar-refractivity contribution in [1.29, 1.82) is 0 Å². The highest BCUT2D eigenvalue weighted by Gasteiger charge is 2.72. The number of rotatable bonds is 9. The van der Waals surface area contributed by atoms with E-state index < -0.39 is 29.6 Å². The fraction of sp³-hybridized carbons (Fsp3) is 0.514. The Morgan fingerprint density at radius 3 is 2.63 bits per heavy atom. The molecule has 2 saturated heterocycles. The highest BCUT2D eigenvalue weighted by atomic mass is 16.5. The van der Waals surface area contributed by atoms with Crippen LogP contribution in [0.15, 0.2) is 66.7 Å². The van der Waals surface area contributed by atoms with E-state index in [9.17, 15) is 14.4 Å². The van der Waals surface area contributed by atoms with Gasteiger partial charge in [0.25, 0.3) is 0 Å². The molecule has 3 aliphatic heterocycles. The van der Waals surface area contributed by atoms with Gasteiger partial charge in [0.15, 0.2) is 0 Å². The Labute approximate surface area is 254 Å². The Hall–Kier alpha value is -3.49. The van der Waals surface area contributed by atoms with E-state index in [0.717, 1.165) is 31.4 Å². The number of carbonyl (C=O) groups is 3. The number of carbonyl (C=O) groups excluding carboxylic acids is 3. The second-order valence-electron chi connectivity index (χ2n) is 13.2. The van der Waals surface area contributed by atoms with Crippen molar-refractivity contribution in [3.05, 3.63) is 77.9 Å². The lowest BCUT2D eigenvalue weighted by Crippen LogP contribution is -2.58. The smallest absolute Gasteiger partial charge is 0.246 e. The fourth-order valence-corrected chi connectivity index (χ4v) is 7.76. The van der Waals surface area contributed by atoms with E-state index >= 15 is 0 Å². The first kappa shape index (κ1) is 29.6. The number of fused-ring (bicyclic) bond motifs is 1. The summed E-state index contributed by atoms with van der Waals surface area (Å²) in [6, 6.07) is 17.0. The van der Waals surface area contributed by atoms with Crippen LogP contribution in [0.5, 0.6) is 0 Å². The molecule has 4 aliphatic rings. The van der Waals surface area contributed by atoms with Gasteiger partial charge in [0.05, 0.1) is 17.9 Å². The fourth-order valence-electron chi connectivity index (χ4n) is 7.76. The van der Waals surface area contributed by atoms with Crippen molar-refractivity contribution in [2.24, 2.45) is 23.7 Å². The van der Waals surface area contributed by atoms with E-state index in [1.54, 1.807) is 4.90 Å². The first-order chi connectivity index (χ1) is 20.7. The van der Waals surface area contributed by atoms with Crippen molar-refractivity contribution < 1.29 is 19.1 Å². The van der Waals surface area contributed by atoms with Crippen molar-refractivity contribution >= 4 is 23.4 Å². The van der Waals surface area contributed by atoms with Gasteiger partial charge in [-0.15, -0.1) is 0 Å². The van der Waals surface area contributed by atoms with Crippen LogP contribution in [-0.2, 0) is 25.7 Å². The number of hydrogen-bond donors (Lipinski definition) is 2. The third-order valence-corrected chi connectivity index (χ3v) is 10.3. The maximum absolute atomic E-state index is 14.3. The highest BCUT2D eigenvalue weighted by molar-refractivity contribution is 6.02. The predicted octanol–water partition coefficient (Wildman–Crippen LogP) is 4.16. The molecular formula is C35H44N4O4. The van der Waals surface area contributed by atoms with Crippen molar-refractivity contribution in [1.82, 2.24) is 15.1 Å². The average molecular weight is 585 g/mol. The van der Waals surface area contributed by atoms with E-state index in [2.05, 4.69) is 41.5 Å². The van der Waals surface area contributed by atoms with E-state index in [1.807, 2.05) is 68.6 Å². The molecule has 1 spiro atoms. The number of nitrogens with zero attached hydrogens (tertiary/aromatic N) is 2. The van der Waals surface area contributed by atoms with Gasteiger partial charge in [0.2, 0.25) is 17.7 Å². The summed E-state index contributed by atoms with van der Waals surface area (Å²) in [6.45, 7) is 8.09. The zero-order valence-electron chi connectivity index (χ0n) is 25.7. The van der Waals surface area contributed by atoms with Crippen LogP contribution in [0.25, 0.3) is 0 Å². The summed E-state index contributed by atoms with van der Waals surface area (Å²) in [5.74, 6) is -1.23. The molecule has 2 N–H and O–H groups in total. The summed E-state index contributed by atoms with van der Waals surface area (Å²) in [4.78, 5) is 46.2. The molecule has 8 heteroatoms. The molecule has 2 bridgehead atoms. The summed E-state index contributed by atoms with van der Waals surface area (Å²) in [6.07, 6.45) is 6.37. The molecule has 8 atom stereocenters. The molecule has 1 saturated carbocycles. The molecular weight excluding hydrogens is 540 g/mol. The number of amides is 3. The molecule has 8 unspecified atom stereocenters. The van der Waals surface area contributed by atoms with Gasteiger partial charge < -0.3 is 25.2 Å². The van der Waals surface area contributed by atoms with Gasteiger partial charge in [-0.25, -0.2) is 0 Å². The average Bonchev–Trinajstić information content (AvgIpc) is 3.62. The SMILES string of the molecule is Cc1cccc(NC(=O)C2C3C=CC4(O3)C2C(=O)N(CCN(C)Cc2ccccc2)C4C(=O)NC2CCCC(C)C2C)c1. The van der Waals surface area contributed by atoms with Gasteiger partial charge in [0, 0.05) is 31.4 Å². The predicted molar refractivity (Wildman–Crippen MR) is 166 cm³/mol. The molecule has 3 heterocycles. The van der Waals surface area contributed by atoms with Crippen LogP contribution in [0, 0.1) is 30.6 Å². The third kappa shape index (κ3) is 5.51. The maximum Gasteiger partial charge on any atom is 0.246 e. The number of anilines is 1. The van der Waals surface area contributed by atoms with Gasteiger partial charge in [-0.05, 0) is 55.5 Å². The Morgan fingerprint density at radius 1 is 1.07 bits per heavy atom. The standard InChI is InChI=1S/C35H44N4O4/c1-22-10-8-14-26(20-22)36-32(40)29-28-16-17-35(43-28)30(29)34(42)39(19-18-38(4)21-25-12-6-5-7-13-25)31(35)33(41)37-27-15-9-11-23(2)24(27)3/h5-8,10,12-14,16-17,20,23-24,27-31H,9,11,15,18-19,21H2,1-4H3,(H,36,40)(H,37,41). The second-order valence-corrected chi connectivity index (χ2v) is 13.2. The van der Waals surface area contributed by atoms with Crippen LogP contribution >= 0.6 is 0 Å². The molecule has 8 nitrogen and oxygen atoms in total. The van der Waals surface area contributed by atoms with Gasteiger partial charge in [-0.3, -0.25) is 14.4 Å². The van der Waals surface area contributed by atoms with Crippen LogP contribution in [0.2, 0.25) is 0 Å². The normalized spacial score (nSPS) is 32.7. The highest BCUT2D eigenvalue weighted by Crippen LogP contribution is 2.55. The van der Waals surface area contributed by atoms with Crippen LogP contribution in [0.4, 0.5) is 5.69 Å². The van der Waals surface area contributed by atoms with Crippen molar-refractivity contribution in [2.75, 3.05) is 25.5 Å². The van der Waals surface area contributed by atoms with Crippen LogP contribution in [0.3, 0.4) is 0 Å². The summed E-state index contributed by atoms with van der Waals surface area (Å²) in [5.41, 5.74) is 1.73. The van der Waals surface area contributed by atoms with Crippen molar-refractivity contribution in [2.45, 2.75) is 70.4 Å². The van der Waals surface area contributed by atoms with Crippen molar-refractivity contribution in [3.63, 3.8) is 0 Å². The topological polar surface area (TPSA) is 91.0 Å². The van der Waals surface area contributed by atoms with Gasteiger partial charge in [0.1, 0.15) is 11.6 Å².